The van der Waals surface area contributed by atoms with E-state index in [1.807, 2.05) is 42.5 Å². The highest BCUT2D eigenvalue weighted by atomic mass is 16.5. The second-order valence-electron chi connectivity index (χ2n) is 7.19. The summed E-state index contributed by atoms with van der Waals surface area (Å²) in [6, 6.07) is 15.9. The maximum absolute atomic E-state index is 12.2. The Balaban J connectivity index is 1.49. The fourth-order valence-corrected chi connectivity index (χ4v) is 3.27. The number of nitrogens with one attached hydrogen (secondary N) is 1. The van der Waals surface area contributed by atoms with Crippen LogP contribution in [0.15, 0.2) is 54.6 Å². The fraction of sp³-hybridized carbons (Fsp3) is 0.375. The van der Waals surface area contributed by atoms with E-state index in [1.54, 1.807) is 6.08 Å². The van der Waals surface area contributed by atoms with Gasteiger partial charge in [0, 0.05) is 30.5 Å². The molecule has 3 rings (SSSR count). The van der Waals surface area contributed by atoms with Crippen LogP contribution < -0.4 is 15.0 Å². The van der Waals surface area contributed by atoms with Crippen molar-refractivity contribution in [2.75, 3.05) is 29.9 Å². The molecule has 4 heteroatoms. The number of nitrogens with zero attached hydrogens (tertiary/aromatic N) is 1. The van der Waals surface area contributed by atoms with Crippen LogP contribution in [-0.2, 0) is 4.79 Å². The summed E-state index contributed by atoms with van der Waals surface area (Å²) in [6.07, 6.45) is 9.40. The third-order valence-electron chi connectivity index (χ3n) is 4.93. The molecule has 28 heavy (non-hydrogen) atoms. The average Bonchev–Trinajstić information content (AvgIpc) is 2.74. The van der Waals surface area contributed by atoms with E-state index in [4.69, 9.17) is 4.74 Å². The van der Waals surface area contributed by atoms with E-state index in [-0.39, 0.29) is 5.91 Å². The molecule has 1 aliphatic rings. The van der Waals surface area contributed by atoms with Crippen LogP contribution in [0, 0.1) is 0 Å². The molecule has 0 unspecified atom stereocenters. The number of benzene rings is 2. The van der Waals surface area contributed by atoms with Crippen LogP contribution in [0.4, 0.5) is 11.4 Å². The standard InChI is InChI=1S/C24H30N2O2/c1-2-3-19-28-23-14-7-20(8-15-23)9-16-24(27)25-21-10-12-22(13-11-21)26-17-5-4-6-18-26/h7-16H,2-6,17-19H2,1H3,(H,25,27)/b16-9+. The van der Waals surface area contributed by atoms with Crippen molar-refractivity contribution in [3.8, 4) is 5.75 Å². The van der Waals surface area contributed by atoms with Gasteiger partial charge in [-0.05, 0) is 73.7 Å². The van der Waals surface area contributed by atoms with Gasteiger partial charge >= 0.3 is 0 Å². The van der Waals surface area contributed by atoms with Gasteiger partial charge in [0.1, 0.15) is 5.75 Å². The average molecular weight is 379 g/mol. The molecule has 0 bridgehead atoms. The molecular weight excluding hydrogens is 348 g/mol. The number of carbonyl (C=O) groups excluding carboxylic acids is 1. The second-order valence-corrected chi connectivity index (χ2v) is 7.19. The molecule has 1 aliphatic heterocycles. The Morgan fingerprint density at radius 3 is 2.43 bits per heavy atom. The van der Waals surface area contributed by atoms with Gasteiger partial charge in [0.15, 0.2) is 0 Å². The molecule has 4 nitrogen and oxygen atoms in total. The molecule has 0 radical (unpaired) electrons. The highest BCUT2D eigenvalue weighted by Gasteiger charge is 2.10. The van der Waals surface area contributed by atoms with Crippen molar-refractivity contribution in [3.63, 3.8) is 0 Å². The van der Waals surface area contributed by atoms with E-state index in [2.05, 4.69) is 29.3 Å². The SMILES string of the molecule is CCCCOc1ccc(/C=C/C(=O)Nc2ccc(N3CCCCC3)cc2)cc1. The van der Waals surface area contributed by atoms with E-state index >= 15 is 0 Å². The van der Waals surface area contributed by atoms with Crippen LogP contribution in [0.25, 0.3) is 6.08 Å². The van der Waals surface area contributed by atoms with Crippen molar-refractivity contribution in [1.29, 1.82) is 0 Å². The zero-order valence-corrected chi connectivity index (χ0v) is 16.7. The van der Waals surface area contributed by atoms with Gasteiger partial charge in [-0.2, -0.15) is 0 Å². The fourth-order valence-electron chi connectivity index (χ4n) is 3.27. The van der Waals surface area contributed by atoms with E-state index in [0.29, 0.717) is 0 Å². The summed E-state index contributed by atoms with van der Waals surface area (Å²) in [6.45, 7) is 5.13. The van der Waals surface area contributed by atoms with E-state index in [1.165, 1.54) is 24.9 Å². The summed E-state index contributed by atoms with van der Waals surface area (Å²) < 4.78 is 5.65. The molecule has 0 spiro atoms. The molecule has 2 aromatic rings. The predicted octanol–water partition coefficient (Wildman–Crippen LogP) is 5.51. The van der Waals surface area contributed by atoms with Gasteiger partial charge in [0.05, 0.1) is 6.61 Å². The maximum atomic E-state index is 12.2. The predicted molar refractivity (Wildman–Crippen MR) is 117 cm³/mol. The van der Waals surface area contributed by atoms with Crippen molar-refractivity contribution < 1.29 is 9.53 Å². The lowest BCUT2D eigenvalue weighted by Crippen LogP contribution is -2.29. The minimum atomic E-state index is -0.131. The van der Waals surface area contributed by atoms with Crippen molar-refractivity contribution in [2.24, 2.45) is 0 Å². The number of hydrogen-bond acceptors (Lipinski definition) is 3. The Kier molecular flexibility index (Phi) is 7.53. The lowest BCUT2D eigenvalue weighted by atomic mass is 10.1. The van der Waals surface area contributed by atoms with E-state index in [0.717, 1.165) is 49.5 Å². The minimum Gasteiger partial charge on any atom is -0.494 e. The molecular formula is C24H30N2O2. The number of hydrogen-bond donors (Lipinski definition) is 1. The molecule has 0 aromatic heterocycles. The normalized spacial score (nSPS) is 14.2. The Hall–Kier alpha value is -2.75. The third kappa shape index (κ3) is 6.15. The van der Waals surface area contributed by atoms with E-state index < -0.39 is 0 Å². The number of ether oxygens (including phenoxy) is 1. The molecule has 1 N–H and O–H groups in total. The van der Waals surface area contributed by atoms with Gasteiger partial charge in [-0.3, -0.25) is 4.79 Å². The molecule has 1 fully saturated rings. The Labute approximate surface area is 168 Å². The van der Waals surface area contributed by atoms with Crippen LogP contribution in [0.2, 0.25) is 0 Å². The molecule has 1 amide bonds. The zero-order chi connectivity index (χ0) is 19.6. The van der Waals surface area contributed by atoms with Crippen molar-refractivity contribution in [2.45, 2.75) is 39.0 Å². The second kappa shape index (κ2) is 10.5. The van der Waals surface area contributed by atoms with Crippen molar-refractivity contribution >= 4 is 23.4 Å². The highest BCUT2D eigenvalue weighted by Crippen LogP contribution is 2.22. The third-order valence-corrected chi connectivity index (χ3v) is 4.93. The molecule has 1 heterocycles. The van der Waals surface area contributed by atoms with Crippen LogP contribution in [-0.4, -0.2) is 25.6 Å². The number of amides is 1. The van der Waals surface area contributed by atoms with Gasteiger partial charge < -0.3 is 15.0 Å². The van der Waals surface area contributed by atoms with E-state index in [9.17, 15) is 4.79 Å². The first-order valence-corrected chi connectivity index (χ1v) is 10.3. The molecule has 148 valence electrons. The Morgan fingerprint density at radius 1 is 1.04 bits per heavy atom. The van der Waals surface area contributed by atoms with Crippen LogP contribution in [0.1, 0.15) is 44.6 Å². The summed E-state index contributed by atoms with van der Waals surface area (Å²) in [4.78, 5) is 14.6. The molecule has 0 atom stereocenters. The molecule has 0 saturated carbocycles. The zero-order valence-electron chi connectivity index (χ0n) is 16.7. The quantitative estimate of drug-likeness (QED) is 0.486. The number of piperidine rings is 1. The first-order chi connectivity index (χ1) is 13.7. The Morgan fingerprint density at radius 2 is 1.75 bits per heavy atom. The summed E-state index contributed by atoms with van der Waals surface area (Å²) >= 11 is 0. The number of carbonyl (C=O) groups is 1. The molecule has 0 aliphatic carbocycles. The summed E-state index contributed by atoms with van der Waals surface area (Å²) in [5.74, 6) is 0.734. The van der Waals surface area contributed by atoms with Crippen LogP contribution in [0.5, 0.6) is 5.75 Å². The summed E-state index contributed by atoms with van der Waals surface area (Å²) in [7, 11) is 0. The van der Waals surface area contributed by atoms with Gasteiger partial charge in [0.25, 0.3) is 0 Å². The van der Waals surface area contributed by atoms with Gasteiger partial charge in [-0.25, -0.2) is 0 Å². The largest absolute Gasteiger partial charge is 0.494 e. The van der Waals surface area contributed by atoms with Crippen molar-refractivity contribution in [1.82, 2.24) is 0 Å². The van der Waals surface area contributed by atoms with Crippen molar-refractivity contribution in [3.05, 3.63) is 60.2 Å². The maximum Gasteiger partial charge on any atom is 0.248 e. The first-order valence-electron chi connectivity index (χ1n) is 10.3. The smallest absolute Gasteiger partial charge is 0.248 e. The van der Waals surface area contributed by atoms with Crippen LogP contribution in [0.3, 0.4) is 0 Å². The number of rotatable bonds is 8. The van der Waals surface area contributed by atoms with Gasteiger partial charge in [-0.1, -0.05) is 25.5 Å². The topological polar surface area (TPSA) is 41.6 Å². The minimum absolute atomic E-state index is 0.131. The lowest BCUT2D eigenvalue weighted by molar-refractivity contribution is -0.111. The summed E-state index contributed by atoms with van der Waals surface area (Å²) in [5, 5.41) is 2.92. The van der Waals surface area contributed by atoms with Gasteiger partial charge in [-0.15, -0.1) is 0 Å². The Bertz CT molecular complexity index is 760. The first kappa shape index (κ1) is 20.0. The number of unbranched alkanes of at least 4 members (excludes halogenated alkanes) is 1. The lowest BCUT2D eigenvalue weighted by Gasteiger charge is -2.28. The molecule has 1 saturated heterocycles. The highest BCUT2D eigenvalue weighted by molar-refractivity contribution is 6.02. The monoisotopic (exact) mass is 378 g/mol. The number of anilines is 2. The van der Waals surface area contributed by atoms with Crippen LogP contribution >= 0.6 is 0 Å². The molecule has 2 aromatic carbocycles. The van der Waals surface area contributed by atoms with Gasteiger partial charge in [0.2, 0.25) is 5.91 Å². The summed E-state index contributed by atoms with van der Waals surface area (Å²) in [5.41, 5.74) is 3.02.